The molecule has 1 fully saturated rings. The van der Waals surface area contributed by atoms with Crippen molar-refractivity contribution in [2.75, 3.05) is 13.1 Å². The third kappa shape index (κ3) is 4.08. The largest absolute Gasteiger partial charge is 0.342 e. The third-order valence-electron chi connectivity index (χ3n) is 6.24. The van der Waals surface area contributed by atoms with E-state index >= 15 is 0 Å². The maximum Gasteiger partial charge on any atom is 0.242 e. The number of hydrogen-bond acceptors (Lipinski definition) is 2. The van der Waals surface area contributed by atoms with E-state index in [1.54, 1.807) is 0 Å². The Balaban J connectivity index is 1.84. The minimum atomic E-state index is -2.40. The van der Waals surface area contributed by atoms with Gasteiger partial charge in [-0.05, 0) is 35.8 Å². The molecule has 2 unspecified atom stereocenters. The van der Waals surface area contributed by atoms with Crippen LogP contribution in [0.5, 0.6) is 0 Å². The molecule has 0 saturated carbocycles. The molecule has 2 atom stereocenters. The van der Waals surface area contributed by atoms with Gasteiger partial charge < -0.3 is 10.6 Å². The number of nitrogens with two attached hydrogens (primary N) is 1. The minimum absolute atomic E-state index is 0.0696. The summed E-state index contributed by atoms with van der Waals surface area (Å²) in [6.45, 7) is 7.36. The van der Waals surface area contributed by atoms with Crippen LogP contribution in [0.2, 0.25) is 0 Å². The van der Waals surface area contributed by atoms with Crippen LogP contribution in [0.4, 0.5) is 8.78 Å². The number of carbonyl (C=O) groups is 1. The molecule has 1 amide bonds. The van der Waals surface area contributed by atoms with Crippen molar-refractivity contribution in [2.24, 2.45) is 16.6 Å². The molecule has 1 saturated heterocycles. The highest BCUT2D eigenvalue weighted by molar-refractivity contribution is 5.88. The van der Waals surface area contributed by atoms with Gasteiger partial charge in [0.15, 0.2) is 0 Å². The Morgan fingerprint density at radius 3 is 2.48 bits per heavy atom. The van der Waals surface area contributed by atoms with E-state index in [9.17, 15) is 13.6 Å². The van der Waals surface area contributed by atoms with Crippen LogP contribution in [0.3, 0.4) is 0 Å². The number of halogens is 2. The standard InChI is InChI=1S/C22H30F2N2O/c1-21(2)14-26(10-9-18(21)25)20(27)22(3)12-16(11-19(23)24)17(13-22)15-7-5-4-6-8-15/h4-8,18-19H,9-14,25H2,1-3H3. The molecule has 27 heavy (non-hydrogen) atoms. The lowest BCUT2D eigenvalue weighted by Gasteiger charge is -2.45. The summed E-state index contributed by atoms with van der Waals surface area (Å²) in [5.41, 5.74) is 8.00. The Hall–Kier alpha value is -1.75. The van der Waals surface area contributed by atoms with Gasteiger partial charge in [0.25, 0.3) is 0 Å². The number of benzene rings is 1. The Morgan fingerprint density at radius 2 is 1.89 bits per heavy atom. The van der Waals surface area contributed by atoms with Crippen LogP contribution >= 0.6 is 0 Å². The Morgan fingerprint density at radius 1 is 1.22 bits per heavy atom. The molecule has 3 rings (SSSR count). The van der Waals surface area contributed by atoms with Gasteiger partial charge in [0, 0.05) is 25.6 Å². The van der Waals surface area contributed by atoms with Crippen molar-refractivity contribution in [3.8, 4) is 0 Å². The fraction of sp³-hybridized carbons (Fsp3) is 0.591. The molecule has 5 heteroatoms. The van der Waals surface area contributed by atoms with Gasteiger partial charge >= 0.3 is 0 Å². The summed E-state index contributed by atoms with van der Waals surface area (Å²) < 4.78 is 26.4. The highest BCUT2D eigenvalue weighted by atomic mass is 19.3. The van der Waals surface area contributed by atoms with Crippen molar-refractivity contribution in [1.29, 1.82) is 0 Å². The van der Waals surface area contributed by atoms with E-state index in [-0.39, 0.29) is 23.8 Å². The maximum atomic E-state index is 13.4. The number of allylic oxidation sites excluding steroid dienone is 2. The number of alkyl halides is 2. The number of piperidine rings is 1. The van der Waals surface area contributed by atoms with Crippen molar-refractivity contribution in [2.45, 2.75) is 58.9 Å². The molecule has 1 heterocycles. The summed E-state index contributed by atoms with van der Waals surface area (Å²) in [6, 6.07) is 9.70. The molecule has 1 aromatic carbocycles. The van der Waals surface area contributed by atoms with Crippen LogP contribution in [-0.4, -0.2) is 36.4 Å². The molecular weight excluding hydrogens is 346 g/mol. The van der Waals surface area contributed by atoms with Crippen LogP contribution in [0.15, 0.2) is 35.9 Å². The van der Waals surface area contributed by atoms with Gasteiger partial charge in [-0.15, -0.1) is 0 Å². The van der Waals surface area contributed by atoms with E-state index in [1.807, 2.05) is 42.2 Å². The highest BCUT2D eigenvalue weighted by Gasteiger charge is 2.46. The zero-order valence-corrected chi connectivity index (χ0v) is 16.5. The van der Waals surface area contributed by atoms with Crippen molar-refractivity contribution >= 4 is 11.5 Å². The lowest BCUT2D eigenvalue weighted by atomic mass is 9.77. The fourth-order valence-electron chi connectivity index (χ4n) is 4.56. The molecule has 3 nitrogen and oxygen atoms in total. The van der Waals surface area contributed by atoms with E-state index in [1.165, 1.54) is 0 Å². The van der Waals surface area contributed by atoms with Gasteiger partial charge in [-0.1, -0.05) is 56.7 Å². The van der Waals surface area contributed by atoms with Gasteiger partial charge in [0.1, 0.15) is 0 Å². The lowest BCUT2D eigenvalue weighted by Crippen LogP contribution is -2.56. The van der Waals surface area contributed by atoms with Gasteiger partial charge in [0.05, 0.1) is 5.41 Å². The normalized spacial score (nSPS) is 28.1. The van der Waals surface area contributed by atoms with Crippen LogP contribution in [0.1, 0.15) is 52.0 Å². The topological polar surface area (TPSA) is 46.3 Å². The first kappa shape index (κ1) is 20.0. The zero-order valence-electron chi connectivity index (χ0n) is 16.5. The first-order valence-corrected chi connectivity index (χ1v) is 9.72. The summed E-state index contributed by atoms with van der Waals surface area (Å²) in [6.07, 6.45) is -0.964. The quantitative estimate of drug-likeness (QED) is 0.842. The number of carbonyl (C=O) groups excluding carboxylic acids is 1. The summed E-state index contributed by atoms with van der Waals surface area (Å²) in [5.74, 6) is 0.0696. The lowest BCUT2D eigenvalue weighted by molar-refractivity contribution is -0.144. The number of likely N-dealkylation sites (tertiary alicyclic amines) is 1. The second kappa shape index (κ2) is 7.34. The van der Waals surface area contributed by atoms with Crippen molar-refractivity contribution in [1.82, 2.24) is 4.90 Å². The first-order chi connectivity index (χ1) is 12.6. The van der Waals surface area contributed by atoms with Crippen LogP contribution in [0.25, 0.3) is 5.57 Å². The number of nitrogens with zero attached hydrogens (tertiary/aromatic N) is 1. The van der Waals surface area contributed by atoms with E-state index in [0.717, 1.165) is 23.1 Å². The molecule has 2 aliphatic rings. The molecule has 0 spiro atoms. The molecule has 2 N–H and O–H groups in total. The number of amides is 1. The number of rotatable bonds is 4. The monoisotopic (exact) mass is 376 g/mol. The second-order valence-corrected chi connectivity index (χ2v) is 9.07. The van der Waals surface area contributed by atoms with Gasteiger partial charge in [-0.3, -0.25) is 4.79 Å². The predicted octanol–water partition coefficient (Wildman–Crippen LogP) is 4.48. The smallest absolute Gasteiger partial charge is 0.242 e. The molecule has 148 valence electrons. The summed E-state index contributed by atoms with van der Waals surface area (Å²) in [7, 11) is 0. The van der Waals surface area contributed by atoms with Gasteiger partial charge in [0.2, 0.25) is 12.3 Å². The molecule has 0 bridgehead atoms. The average molecular weight is 376 g/mol. The van der Waals surface area contributed by atoms with E-state index < -0.39 is 11.8 Å². The van der Waals surface area contributed by atoms with Gasteiger partial charge in [-0.25, -0.2) is 8.78 Å². The van der Waals surface area contributed by atoms with Crippen molar-refractivity contribution in [3.05, 3.63) is 41.5 Å². The first-order valence-electron chi connectivity index (χ1n) is 9.72. The summed E-state index contributed by atoms with van der Waals surface area (Å²) in [4.78, 5) is 15.3. The van der Waals surface area contributed by atoms with Crippen LogP contribution < -0.4 is 5.73 Å². The molecule has 1 aliphatic carbocycles. The SMILES string of the molecule is CC1(C(=O)N2CCC(N)C(C)(C)C2)CC(CC(F)F)=C(c2ccccc2)C1. The van der Waals surface area contributed by atoms with Crippen LogP contribution in [0, 0.1) is 10.8 Å². The van der Waals surface area contributed by atoms with E-state index in [4.69, 9.17) is 5.73 Å². The van der Waals surface area contributed by atoms with Gasteiger partial charge in [-0.2, -0.15) is 0 Å². The third-order valence-corrected chi connectivity index (χ3v) is 6.24. The van der Waals surface area contributed by atoms with E-state index in [0.29, 0.717) is 25.9 Å². The Kier molecular flexibility index (Phi) is 5.44. The second-order valence-electron chi connectivity index (χ2n) is 9.07. The van der Waals surface area contributed by atoms with E-state index in [2.05, 4.69) is 13.8 Å². The Bertz CT molecular complexity index is 729. The molecule has 1 aliphatic heterocycles. The summed E-state index contributed by atoms with van der Waals surface area (Å²) in [5, 5.41) is 0. The molecule has 1 aromatic rings. The maximum absolute atomic E-state index is 13.4. The molecule has 0 aromatic heterocycles. The van der Waals surface area contributed by atoms with Crippen molar-refractivity contribution in [3.63, 3.8) is 0 Å². The fourth-order valence-corrected chi connectivity index (χ4v) is 4.56. The molecular formula is C22H30F2N2O. The predicted molar refractivity (Wildman–Crippen MR) is 104 cm³/mol. The number of hydrogen-bond donors (Lipinski definition) is 1. The Labute approximate surface area is 160 Å². The molecule has 0 radical (unpaired) electrons. The minimum Gasteiger partial charge on any atom is -0.342 e. The zero-order chi connectivity index (χ0) is 19.8. The highest BCUT2D eigenvalue weighted by Crippen LogP contribution is 2.49. The summed E-state index contributed by atoms with van der Waals surface area (Å²) >= 11 is 0. The van der Waals surface area contributed by atoms with Crippen molar-refractivity contribution < 1.29 is 13.6 Å². The average Bonchev–Trinajstić information content (AvgIpc) is 2.94. The van der Waals surface area contributed by atoms with Crippen LogP contribution in [-0.2, 0) is 4.79 Å².